The maximum atomic E-state index is 13.5. The van der Waals surface area contributed by atoms with Crippen molar-refractivity contribution in [2.45, 2.75) is 11.4 Å². The third-order valence-electron chi connectivity index (χ3n) is 4.86. The molecule has 0 N–H and O–H groups in total. The van der Waals surface area contributed by atoms with Crippen molar-refractivity contribution in [2.75, 3.05) is 25.6 Å². The van der Waals surface area contributed by atoms with Crippen LogP contribution in [-0.4, -0.2) is 39.3 Å². The Balaban J connectivity index is 1.93. The van der Waals surface area contributed by atoms with Crippen molar-refractivity contribution in [3.63, 3.8) is 0 Å². The standard InChI is InChI=1S/C23H22Cl2N2O4S/c1-26(19-9-11-20(31-2)12-10-19)23(28)16-27(15-17-6-4-3-5-7-17)32(29,30)22-14-18(24)8-13-21(22)25/h3-14H,15-16H2,1-2H3. The quantitative estimate of drug-likeness (QED) is 0.450. The normalized spacial score (nSPS) is 11.4. The van der Waals surface area contributed by atoms with Crippen LogP contribution in [0, 0.1) is 0 Å². The van der Waals surface area contributed by atoms with E-state index in [-0.39, 0.29) is 28.0 Å². The van der Waals surface area contributed by atoms with Crippen molar-refractivity contribution in [2.24, 2.45) is 0 Å². The molecule has 6 nitrogen and oxygen atoms in total. The van der Waals surface area contributed by atoms with Crippen LogP contribution < -0.4 is 9.64 Å². The average molecular weight is 493 g/mol. The van der Waals surface area contributed by atoms with Gasteiger partial charge in [-0.2, -0.15) is 4.31 Å². The van der Waals surface area contributed by atoms with Crippen LogP contribution in [-0.2, 0) is 21.4 Å². The fourth-order valence-corrected chi connectivity index (χ4v) is 5.15. The maximum Gasteiger partial charge on any atom is 0.245 e. The first-order valence-electron chi connectivity index (χ1n) is 9.62. The molecular formula is C23H22Cl2N2O4S. The Kier molecular flexibility index (Phi) is 7.79. The number of amides is 1. The summed E-state index contributed by atoms with van der Waals surface area (Å²) >= 11 is 12.2. The lowest BCUT2D eigenvalue weighted by Gasteiger charge is -2.25. The molecule has 3 rings (SSSR count). The minimum atomic E-state index is -4.12. The highest BCUT2D eigenvalue weighted by Gasteiger charge is 2.30. The van der Waals surface area contributed by atoms with E-state index < -0.39 is 15.9 Å². The van der Waals surface area contributed by atoms with E-state index in [0.717, 1.165) is 9.87 Å². The summed E-state index contributed by atoms with van der Waals surface area (Å²) in [6.45, 7) is -0.392. The second-order valence-corrected chi connectivity index (χ2v) is 9.73. The van der Waals surface area contributed by atoms with Gasteiger partial charge < -0.3 is 9.64 Å². The topological polar surface area (TPSA) is 66.9 Å². The van der Waals surface area contributed by atoms with E-state index in [1.807, 2.05) is 6.07 Å². The van der Waals surface area contributed by atoms with Crippen molar-refractivity contribution >= 4 is 44.8 Å². The summed E-state index contributed by atoms with van der Waals surface area (Å²) in [6.07, 6.45) is 0. The predicted molar refractivity (Wildman–Crippen MR) is 127 cm³/mol. The molecule has 0 aromatic heterocycles. The lowest BCUT2D eigenvalue weighted by atomic mass is 10.2. The van der Waals surface area contributed by atoms with E-state index in [0.29, 0.717) is 11.4 Å². The molecule has 0 fully saturated rings. The number of nitrogens with zero attached hydrogens (tertiary/aromatic N) is 2. The number of methoxy groups -OCH3 is 1. The molecule has 168 valence electrons. The molecule has 0 atom stereocenters. The van der Waals surface area contributed by atoms with Crippen LogP contribution in [0.4, 0.5) is 5.69 Å². The Morgan fingerprint density at radius 2 is 1.62 bits per heavy atom. The number of halogens is 2. The van der Waals surface area contributed by atoms with Crippen LogP contribution in [0.1, 0.15) is 5.56 Å². The maximum absolute atomic E-state index is 13.5. The summed E-state index contributed by atoms with van der Waals surface area (Å²) in [5, 5.41) is 0.262. The van der Waals surface area contributed by atoms with Crippen LogP contribution >= 0.6 is 23.2 Å². The molecule has 0 heterocycles. The Hall–Kier alpha value is -2.58. The fraction of sp³-hybridized carbons (Fsp3) is 0.174. The SMILES string of the molecule is COc1ccc(N(C)C(=O)CN(Cc2ccccc2)S(=O)(=O)c2cc(Cl)ccc2Cl)cc1. The van der Waals surface area contributed by atoms with Gasteiger partial charge in [0.25, 0.3) is 0 Å². The third-order valence-corrected chi connectivity index (χ3v) is 7.37. The first-order chi connectivity index (χ1) is 15.2. The van der Waals surface area contributed by atoms with Crippen molar-refractivity contribution < 1.29 is 17.9 Å². The number of ether oxygens (including phenoxy) is 1. The van der Waals surface area contributed by atoms with E-state index in [9.17, 15) is 13.2 Å². The van der Waals surface area contributed by atoms with Gasteiger partial charge in [0.15, 0.2) is 0 Å². The average Bonchev–Trinajstić information content (AvgIpc) is 2.80. The monoisotopic (exact) mass is 492 g/mol. The number of hydrogen-bond donors (Lipinski definition) is 0. The zero-order valence-electron chi connectivity index (χ0n) is 17.5. The Morgan fingerprint density at radius 1 is 0.969 bits per heavy atom. The molecule has 0 saturated heterocycles. The number of rotatable bonds is 8. The zero-order valence-corrected chi connectivity index (χ0v) is 19.9. The summed E-state index contributed by atoms with van der Waals surface area (Å²) in [6, 6.07) is 20.1. The van der Waals surface area contributed by atoms with Crippen molar-refractivity contribution in [1.82, 2.24) is 4.31 Å². The Labute approximate surface area is 198 Å². The summed E-state index contributed by atoms with van der Waals surface area (Å²) in [4.78, 5) is 14.3. The van der Waals surface area contributed by atoms with Gasteiger partial charge in [0.2, 0.25) is 15.9 Å². The van der Waals surface area contributed by atoms with Crippen LogP contribution in [0.2, 0.25) is 10.0 Å². The third kappa shape index (κ3) is 5.61. The molecule has 3 aromatic rings. The van der Waals surface area contributed by atoms with Gasteiger partial charge in [-0.3, -0.25) is 4.79 Å². The van der Waals surface area contributed by atoms with Gasteiger partial charge in [0.1, 0.15) is 10.6 Å². The first kappa shape index (κ1) is 24.1. The van der Waals surface area contributed by atoms with Crippen LogP contribution in [0.3, 0.4) is 0 Å². The van der Waals surface area contributed by atoms with Gasteiger partial charge >= 0.3 is 0 Å². The molecule has 32 heavy (non-hydrogen) atoms. The van der Waals surface area contributed by atoms with E-state index in [1.54, 1.807) is 62.7 Å². The van der Waals surface area contributed by atoms with Crippen molar-refractivity contribution in [3.8, 4) is 5.75 Å². The number of carbonyl (C=O) groups is 1. The van der Waals surface area contributed by atoms with Crippen LogP contribution in [0.15, 0.2) is 77.7 Å². The number of sulfonamides is 1. The van der Waals surface area contributed by atoms with Crippen molar-refractivity contribution in [1.29, 1.82) is 0 Å². The number of carbonyl (C=O) groups excluding carboxylic acids is 1. The number of likely N-dealkylation sites (N-methyl/N-ethyl adjacent to an activating group) is 1. The van der Waals surface area contributed by atoms with Gasteiger partial charge in [-0.05, 0) is 48.0 Å². The fourth-order valence-electron chi connectivity index (χ4n) is 3.03. The van der Waals surface area contributed by atoms with Crippen molar-refractivity contribution in [3.05, 3.63) is 88.4 Å². The lowest BCUT2D eigenvalue weighted by Crippen LogP contribution is -2.41. The Morgan fingerprint density at radius 3 is 2.25 bits per heavy atom. The molecule has 0 saturated carbocycles. The highest BCUT2D eigenvalue weighted by Crippen LogP contribution is 2.29. The molecule has 0 radical (unpaired) electrons. The molecule has 3 aromatic carbocycles. The van der Waals surface area contributed by atoms with Crippen LogP contribution in [0.5, 0.6) is 5.75 Å². The molecule has 0 unspecified atom stereocenters. The van der Waals surface area contributed by atoms with E-state index in [2.05, 4.69) is 0 Å². The minimum Gasteiger partial charge on any atom is -0.497 e. The summed E-state index contributed by atoms with van der Waals surface area (Å²) in [7, 11) is -0.985. The highest BCUT2D eigenvalue weighted by molar-refractivity contribution is 7.89. The molecule has 1 amide bonds. The van der Waals surface area contributed by atoms with Gasteiger partial charge in [0.05, 0.1) is 18.7 Å². The number of benzene rings is 3. The first-order valence-corrected chi connectivity index (χ1v) is 11.8. The highest BCUT2D eigenvalue weighted by atomic mass is 35.5. The molecular weight excluding hydrogens is 471 g/mol. The predicted octanol–water partition coefficient (Wildman–Crippen LogP) is 4.86. The molecule has 0 aliphatic rings. The van der Waals surface area contributed by atoms with Crippen LogP contribution in [0.25, 0.3) is 0 Å². The van der Waals surface area contributed by atoms with E-state index >= 15 is 0 Å². The molecule has 0 aliphatic heterocycles. The summed E-state index contributed by atoms with van der Waals surface area (Å²) in [5.41, 5.74) is 1.34. The lowest BCUT2D eigenvalue weighted by molar-refractivity contribution is -0.118. The molecule has 0 bridgehead atoms. The van der Waals surface area contributed by atoms with Gasteiger partial charge in [-0.15, -0.1) is 0 Å². The van der Waals surface area contributed by atoms with Gasteiger partial charge in [0, 0.05) is 24.3 Å². The zero-order chi connectivity index (χ0) is 23.3. The number of hydrogen-bond acceptors (Lipinski definition) is 4. The Bertz CT molecular complexity index is 1190. The number of anilines is 1. The summed E-state index contributed by atoms with van der Waals surface area (Å²) < 4.78 is 33.2. The van der Waals surface area contributed by atoms with Gasteiger partial charge in [-0.25, -0.2) is 8.42 Å². The molecule has 0 spiro atoms. The second-order valence-electron chi connectivity index (χ2n) is 6.98. The smallest absolute Gasteiger partial charge is 0.245 e. The minimum absolute atomic E-state index is 0.00575. The largest absolute Gasteiger partial charge is 0.497 e. The second kappa shape index (κ2) is 10.4. The van der Waals surface area contributed by atoms with E-state index in [1.165, 1.54) is 23.1 Å². The summed E-state index contributed by atoms with van der Waals surface area (Å²) in [5.74, 6) is 0.242. The molecule has 0 aliphatic carbocycles. The molecule has 9 heteroatoms. The van der Waals surface area contributed by atoms with E-state index in [4.69, 9.17) is 27.9 Å². The van der Waals surface area contributed by atoms with Gasteiger partial charge in [-0.1, -0.05) is 53.5 Å².